The Balaban J connectivity index is 1.57. The third-order valence-corrected chi connectivity index (χ3v) is 5.61. The van der Waals surface area contributed by atoms with Gasteiger partial charge in [0.1, 0.15) is 5.15 Å². The number of halogens is 2. The topological polar surface area (TPSA) is 45.2 Å². The van der Waals surface area contributed by atoms with Crippen molar-refractivity contribution in [1.29, 1.82) is 0 Å². The number of anilines is 1. The lowest BCUT2D eigenvalue weighted by Crippen LogP contribution is -2.46. The second kappa shape index (κ2) is 6.85. The molecule has 1 fully saturated rings. The van der Waals surface area contributed by atoms with Crippen LogP contribution >= 0.6 is 23.2 Å². The summed E-state index contributed by atoms with van der Waals surface area (Å²) in [5, 5.41) is 4.19. The first-order chi connectivity index (χ1) is 12.1. The lowest BCUT2D eigenvalue weighted by atomic mass is 9.82. The van der Waals surface area contributed by atoms with Gasteiger partial charge in [0.15, 0.2) is 0 Å². The molecule has 0 saturated heterocycles. The number of hydrogen-bond donors (Lipinski definition) is 1. The van der Waals surface area contributed by atoms with E-state index in [2.05, 4.69) is 10.3 Å². The lowest BCUT2D eigenvalue weighted by molar-refractivity contribution is 0.241. The molecule has 130 valence electrons. The summed E-state index contributed by atoms with van der Waals surface area (Å²) in [5.74, 6) is 0.392. The fourth-order valence-corrected chi connectivity index (χ4v) is 4.46. The number of benzene rings is 1. The first-order valence-electron chi connectivity index (χ1n) is 8.60. The Hall–Kier alpha value is -1.78. The third kappa shape index (κ3) is 3.21. The summed E-state index contributed by atoms with van der Waals surface area (Å²) in [6.45, 7) is 0.428. The molecule has 25 heavy (non-hydrogen) atoms. The Morgan fingerprint density at radius 3 is 2.88 bits per heavy atom. The number of rotatable bonds is 2. The van der Waals surface area contributed by atoms with Crippen LogP contribution in [0.4, 0.5) is 10.5 Å². The fourth-order valence-electron chi connectivity index (χ4n) is 4.08. The molecule has 2 heterocycles. The molecule has 1 aliphatic carbocycles. The molecule has 2 aromatic rings. The quantitative estimate of drug-likeness (QED) is 0.738. The van der Waals surface area contributed by atoms with E-state index >= 15 is 0 Å². The van der Waals surface area contributed by atoms with E-state index in [1.807, 2.05) is 29.2 Å². The summed E-state index contributed by atoms with van der Waals surface area (Å²) in [4.78, 5) is 18.8. The van der Waals surface area contributed by atoms with E-state index in [0.717, 1.165) is 35.5 Å². The SMILES string of the molecule is O=C(NCc1ccnc(Cl)c1)N1c2ccc(Cl)cc2C2CCCCC21. The molecule has 1 aliphatic heterocycles. The molecule has 2 unspecified atom stereocenters. The normalized spacial score (nSPS) is 21.6. The number of pyridine rings is 1. The number of urea groups is 1. The van der Waals surface area contributed by atoms with E-state index in [1.54, 1.807) is 12.3 Å². The van der Waals surface area contributed by atoms with Crippen LogP contribution in [0.15, 0.2) is 36.5 Å². The molecule has 1 aromatic carbocycles. The van der Waals surface area contributed by atoms with Gasteiger partial charge in [-0.1, -0.05) is 36.0 Å². The van der Waals surface area contributed by atoms with Gasteiger partial charge in [0, 0.05) is 35.4 Å². The van der Waals surface area contributed by atoms with Crippen LogP contribution in [-0.2, 0) is 6.54 Å². The molecule has 2 atom stereocenters. The number of fused-ring (bicyclic) bond motifs is 3. The van der Waals surface area contributed by atoms with Crippen molar-refractivity contribution in [1.82, 2.24) is 10.3 Å². The molecule has 2 amide bonds. The molecule has 0 bridgehead atoms. The highest BCUT2D eigenvalue weighted by atomic mass is 35.5. The van der Waals surface area contributed by atoms with E-state index in [9.17, 15) is 4.79 Å². The predicted molar refractivity (Wildman–Crippen MR) is 100 cm³/mol. The van der Waals surface area contributed by atoms with Crippen LogP contribution in [0.3, 0.4) is 0 Å². The fraction of sp³-hybridized carbons (Fsp3) is 0.368. The zero-order chi connectivity index (χ0) is 17.4. The summed E-state index contributed by atoms with van der Waals surface area (Å²) < 4.78 is 0. The Morgan fingerprint density at radius 1 is 1.20 bits per heavy atom. The van der Waals surface area contributed by atoms with Crippen LogP contribution in [0.2, 0.25) is 10.2 Å². The number of amides is 2. The maximum atomic E-state index is 12.9. The smallest absolute Gasteiger partial charge is 0.322 e. The molecule has 1 saturated carbocycles. The highest BCUT2D eigenvalue weighted by Gasteiger charge is 2.42. The number of aromatic nitrogens is 1. The van der Waals surface area contributed by atoms with E-state index in [-0.39, 0.29) is 12.1 Å². The van der Waals surface area contributed by atoms with Gasteiger partial charge >= 0.3 is 6.03 Å². The number of nitrogens with zero attached hydrogens (tertiary/aromatic N) is 2. The van der Waals surface area contributed by atoms with Gasteiger partial charge in [-0.15, -0.1) is 0 Å². The van der Waals surface area contributed by atoms with Gasteiger partial charge < -0.3 is 5.32 Å². The van der Waals surface area contributed by atoms with Crippen LogP contribution in [-0.4, -0.2) is 17.1 Å². The van der Waals surface area contributed by atoms with Gasteiger partial charge in [0.2, 0.25) is 0 Å². The largest absolute Gasteiger partial charge is 0.334 e. The molecule has 4 rings (SSSR count). The van der Waals surface area contributed by atoms with Gasteiger partial charge in [-0.2, -0.15) is 0 Å². The summed E-state index contributed by atoms with van der Waals surface area (Å²) in [7, 11) is 0. The minimum Gasteiger partial charge on any atom is -0.334 e. The van der Waals surface area contributed by atoms with Gasteiger partial charge in [-0.05, 0) is 54.3 Å². The molecular weight excluding hydrogens is 357 g/mol. The van der Waals surface area contributed by atoms with Crippen LogP contribution < -0.4 is 10.2 Å². The number of carbonyl (C=O) groups excluding carboxylic acids is 1. The molecule has 1 N–H and O–H groups in total. The van der Waals surface area contributed by atoms with Crippen molar-refractivity contribution in [3.8, 4) is 0 Å². The maximum absolute atomic E-state index is 12.9. The lowest BCUT2D eigenvalue weighted by Gasteiger charge is -2.32. The number of hydrogen-bond acceptors (Lipinski definition) is 2. The minimum atomic E-state index is -0.0640. The van der Waals surface area contributed by atoms with Crippen LogP contribution in [0, 0.1) is 0 Å². The molecule has 0 spiro atoms. The number of nitrogens with one attached hydrogen (secondary N) is 1. The van der Waals surface area contributed by atoms with Crippen molar-refractivity contribution >= 4 is 34.9 Å². The monoisotopic (exact) mass is 375 g/mol. The molecule has 0 radical (unpaired) electrons. The van der Waals surface area contributed by atoms with E-state index in [1.165, 1.54) is 12.0 Å². The first-order valence-corrected chi connectivity index (χ1v) is 9.36. The second-order valence-corrected chi connectivity index (χ2v) is 7.50. The highest BCUT2D eigenvalue weighted by Crippen LogP contribution is 2.48. The van der Waals surface area contributed by atoms with Crippen molar-refractivity contribution in [3.05, 3.63) is 57.8 Å². The third-order valence-electron chi connectivity index (χ3n) is 5.16. The van der Waals surface area contributed by atoms with Gasteiger partial charge in [-0.3, -0.25) is 4.90 Å². The molecule has 6 heteroatoms. The Kier molecular flexibility index (Phi) is 4.57. The second-order valence-electron chi connectivity index (χ2n) is 6.68. The maximum Gasteiger partial charge on any atom is 0.322 e. The van der Waals surface area contributed by atoms with Crippen molar-refractivity contribution in [2.45, 2.75) is 44.2 Å². The standard InChI is InChI=1S/C19H19Cl2N3O/c20-13-5-6-17-15(10-13)14-3-1-2-4-16(14)24(17)19(25)23-11-12-7-8-22-18(21)9-12/h5-10,14,16H,1-4,11H2,(H,23,25). The van der Waals surface area contributed by atoms with E-state index < -0.39 is 0 Å². The Morgan fingerprint density at radius 2 is 2.04 bits per heavy atom. The van der Waals surface area contributed by atoms with Crippen LogP contribution in [0.5, 0.6) is 0 Å². The number of carbonyl (C=O) groups is 1. The molecule has 2 aliphatic rings. The van der Waals surface area contributed by atoms with Crippen molar-refractivity contribution < 1.29 is 4.79 Å². The molecule has 4 nitrogen and oxygen atoms in total. The van der Waals surface area contributed by atoms with Crippen LogP contribution in [0.25, 0.3) is 0 Å². The highest BCUT2D eigenvalue weighted by molar-refractivity contribution is 6.30. The zero-order valence-electron chi connectivity index (χ0n) is 13.7. The van der Waals surface area contributed by atoms with Gasteiger partial charge in [0.05, 0.1) is 0 Å². The predicted octanol–water partition coefficient (Wildman–Crippen LogP) is 5.14. The minimum absolute atomic E-state index is 0.0640. The summed E-state index contributed by atoms with van der Waals surface area (Å²) in [6.07, 6.45) is 6.16. The summed E-state index contributed by atoms with van der Waals surface area (Å²) in [5.41, 5.74) is 3.13. The summed E-state index contributed by atoms with van der Waals surface area (Å²) >= 11 is 12.1. The van der Waals surface area contributed by atoms with Crippen molar-refractivity contribution in [2.75, 3.05) is 4.90 Å². The van der Waals surface area contributed by atoms with Crippen LogP contribution in [0.1, 0.15) is 42.7 Å². The van der Waals surface area contributed by atoms with E-state index in [4.69, 9.17) is 23.2 Å². The Bertz CT molecular complexity index is 811. The van der Waals surface area contributed by atoms with Gasteiger partial charge in [-0.25, -0.2) is 9.78 Å². The average molecular weight is 376 g/mol. The van der Waals surface area contributed by atoms with Gasteiger partial charge in [0.25, 0.3) is 0 Å². The van der Waals surface area contributed by atoms with Crippen molar-refractivity contribution in [2.24, 2.45) is 0 Å². The van der Waals surface area contributed by atoms with Crippen molar-refractivity contribution in [3.63, 3.8) is 0 Å². The summed E-state index contributed by atoms with van der Waals surface area (Å²) in [6, 6.07) is 9.64. The van der Waals surface area contributed by atoms with E-state index in [0.29, 0.717) is 17.6 Å². The first kappa shape index (κ1) is 16.7. The Labute approximate surface area is 157 Å². The molecular formula is C19H19Cl2N3O. The zero-order valence-corrected chi connectivity index (χ0v) is 15.2. The molecule has 1 aromatic heterocycles. The average Bonchev–Trinajstić information content (AvgIpc) is 2.94.